The molecule has 0 bridgehead atoms. The number of para-hydroxylation sites is 1. The Morgan fingerprint density at radius 2 is 1.81 bits per heavy atom. The van der Waals surface area contributed by atoms with Gasteiger partial charge in [-0.3, -0.25) is 4.98 Å². The number of rotatable bonds is 3. The van der Waals surface area contributed by atoms with Gasteiger partial charge in [0.05, 0.1) is 23.6 Å². The van der Waals surface area contributed by atoms with E-state index in [-0.39, 0.29) is 6.04 Å². The van der Waals surface area contributed by atoms with Gasteiger partial charge in [0.25, 0.3) is 0 Å². The summed E-state index contributed by atoms with van der Waals surface area (Å²) in [6, 6.07) is 13.5. The van der Waals surface area contributed by atoms with Crippen LogP contribution in [0.25, 0.3) is 5.69 Å². The molecular weight excluding hydrogens is 262 g/mol. The van der Waals surface area contributed by atoms with E-state index in [0.29, 0.717) is 0 Å². The fourth-order valence-electron chi connectivity index (χ4n) is 2.41. The Balaban J connectivity index is 2.03. The van der Waals surface area contributed by atoms with Crippen molar-refractivity contribution >= 4 is 0 Å². The molecule has 0 amide bonds. The van der Waals surface area contributed by atoms with E-state index in [1.54, 1.807) is 10.9 Å². The molecule has 2 N–H and O–H groups in total. The minimum absolute atomic E-state index is 0.312. The lowest BCUT2D eigenvalue weighted by Crippen LogP contribution is -2.18. The van der Waals surface area contributed by atoms with Crippen molar-refractivity contribution in [1.82, 2.24) is 20.0 Å². The molecule has 0 spiro atoms. The van der Waals surface area contributed by atoms with E-state index in [9.17, 15) is 0 Å². The number of nitrogens with two attached hydrogens (primary N) is 1. The predicted molar refractivity (Wildman–Crippen MR) is 81.1 cm³/mol. The van der Waals surface area contributed by atoms with Gasteiger partial charge in [-0.05, 0) is 37.6 Å². The number of benzene rings is 1. The van der Waals surface area contributed by atoms with Gasteiger partial charge in [-0.15, -0.1) is 5.10 Å². The SMILES string of the molecule is Cc1ccc(C(N)c2cnnn2-c2ccccc2)c(C)n1. The second-order valence-electron chi connectivity index (χ2n) is 5.01. The van der Waals surface area contributed by atoms with Crippen LogP contribution in [0.5, 0.6) is 0 Å². The van der Waals surface area contributed by atoms with Gasteiger partial charge in [-0.1, -0.05) is 29.5 Å². The number of hydrogen-bond acceptors (Lipinski definition) is 4. The van der Waals surface area contributed by atoms with Crippen LogP contribution in [0.3, 0.4) is 0 Å². The van der Waals surface area contributed by atoms with Crippen molar-refractivity contribution in [3.05, 3.63) is 71.3 Å². The molecule has 21 heavy (non-hydrogen) atoms. The second-order valence-corrected chi connectivity index (χ2v) is 5.01. The lowest BCUT2D eigenvalue weighted by atomic mass is 10.0. The van der Waals surface area contributed by atoms with E-state index in [1.165, 1.54) is 0 Å². The van der Waals surface area contributed by atoms with E-state index in [4.69, 9.17) is 5.73 Å². The Hall–Kier alpha value is -2.53. The van der Waals surface area contributed by atoms with Crippen LogP contribution < -0.4 is 5.73 Å². The van der Waals surface area contributed by atoms with Gasteiger partial charge in [0, 0.05) is 11.4 Å². The summed E-state index contributed by atoms with van der Waals surface area (Å²) in [5, 5.41) is 8.15. The Kier molecular flexibility index (Phi) is 3.50. The summed E-state index contributed by atoms with van der Waals surface area (Å²) >= 11 is 0. The number of nitrogens with zero attached hydrogens (tertiary/aromatic N) is 4. The third-order valence-corrected chi connectivity index (χ3v) is 3.50. The van der Waals surface area contributed by atoms with Crippen molar-refractivity contribution in [3.8, 4) is 5.69 Å². The molecule has 0 aliphatic carbocycles. The molecule has 0 radical (unpaired) electrons. The Bertz CT molecular complexity index is 748. The summed E-state index contributed by atoms with van der Waals surface area (Å²) in [5.74, 6) is 0. The third-order valence-electron chi connectivity index (χ3n) is 3.50. The number of aromatic nitrogens is 4. The average molecular weight is 279 g/mol. The summed E-state index contributed by atoms with van der Waals surface area (Å²) in [7, 11) is 0. The van der Waals surface area contributed by atoms with Gasteiger partial charge in [-0.25, -0.2) is 4.68 Å². The fourth-order valence-corrected chi connectivity index (χ4v) is 2.41. The Morgan fingerprint density at radius 1 is 1.05 bits per heavy atom. The lowest BCUT2D eigenvalue weighted by Gasteiger charge is -2.15. The molecular formula is C16H17N5. The molecule has 0 fully saturated rings. The maximum absolute atomic E-state index is 6.41. The normalized spacial score (nSPS) is 12.3. The molecule has 2 heterocycles. The van der Waals surface area contributed by atoms with Crippen molar-refractivity contribution in [2.24, 2.45) is 5.73 Å². The van der Waals surface area contributed by atoms with Crippen molar-refractivity contribution in [1.29, 1.82) is 0 Å². The van der Waals surface area contributed by atoms with Crippen LogP contribution in [0.4, 0.5) is 0 Å². The highest BCUT2D eigenvalue weighted by atomic mass is 15.4. The smallest absolute Gasteiger partial charge is 0.0859 e. The molecule has 0 saturated carbocycles. The van der Waals surface area contributed by atoms with Gasteiger partial charge >= 0.3 is 0 Å². The average Bonchev–Trinajstić information content (AvgIpc) is 2.97. The molecule has 1 atom stereocenters. The van der Waals surface area contributed by atoms with Crippen molar-refractivity contribution in [2.45, 2.75) is 19.9 Å². The zero-order valence-electron chi connectivity index (χ0n) is 12.1. The van der Waals surface area contributed by atoms with Crippen LogP contribution in [0.1, 0.15) is 28.7 Å². The predicted octanol–water partition coefficient (Wildman–Crippen LogP) is 2.33. The van der Waals surface area contributed by atoms with Crippen LogP contribution in [0, 0.1) is 13.8 Å². The van der Waals surface area contributed by atoms with E-state index in [2.05, 4.69) is 15.3 Å². The molecule has 2 aromatic heterocycles. The first-order chi connectivity index (χ1) is 10.2. The molecule has 1 aromatic carbocycles. The molecule has 106 valence electrons. The standard InChI is InChI=1S/C16H17N5/c1-11-8-9-14(12(2)19-11)16(17)15-10-18-20-21(15)13-6-4-3-5-7-13/h3-10,16H,17H2,1-2H3. The quantitative estimate of drug-likeness (QED) is 0.799. The van der Waals surface area contributed by atoms with Crippen molar-refractivity contribution < 1.29 is 0 Å². The monoisotopic (exact) mass is 279 g/mol. The van der Waals surface area contributed by atoms with E-state index < -0.39 is 0 Å². The van der Waals surface area contributed by atoms with Crippen molar-refractivity contribution in [3.63, 3.8) is 0 Å². The summed E-state index contributed by atoms with van der Waals surface area (Å²) in [6.07, 6.45) is 1.71. The first-order valence-corrected chi connectivity index (χ1v) is 6.82. The topological polar surface area (TPSA) is 69.6 Å². The summed E-state index contributed by atoms with van der Waals surface area (Å²) in [4.78, 5) is 4.48. The van der Waals surface area contributed by atoms with Crippen molar-refractivity contribution in [2.75, 3.05) is 0 Å². The Morgan fingerprint density at radius 3 is 2.52 bits per heavy atom. The lowest BCUT2D eigenvalue weighted by molar-refractivity contribution is 0.714. The zero-order chi connectivity index (χ0) is 14.8. The minimum Gasteiger partial charge on any atom is -0.319 e. The molecule has 5 heteroatoms. The number of aryl methyl sites for hydroxylation is 2. The van der Waals surface area contributed by atoms with E-state index in [1.807, 2.05) is 56.3 Å². The molecule has 3 rings (SSSR count). The van der Waals surface area contributed by atoms with Gasteiger partial charge < -0.3 is 5.73 Å². The fraction of sp³-hybridized carbons (Fsp3) is 0.188. The first-order valence-electron chi connectivity index (χ1n) is 6.82. The molecule has 5 nitrogen and oxygen atoms in total. The molecule has 0 aliphatic heterocycles. The first kappa shape index (κ1) is 13.5. The van der Waals surface area contributed by atoms with E-state index >= 15 is 0 Å². The third kappa shape index (κ3) is 2.55. The molecule has 3 aromatic rings. The largest absolute Gasteiger partial charge is 0.319 e. The highest BCUT2D eigenvalue weighted by Gasteiger charge is 2.18. The van der Waals surface area contributed by atoms with Crippen LogP contribution in [-0.2, 0) is 0 Å². The summed E-state index contributed by atoms with van der Waals surface area (Å²) in [5.41, 5.74) is 11.1. The van der Waals surface area contributed by atoms with Crippen LogP contribution in [-0.4, -0.2) is 20.0 Å². The zero-order valence-corrected chi connectivity index (χ0v) is 12.1. The van der Waals surface area contributed by atoms with Gasteiger partial charge in [0.1, 0.15) is 0 Å². The summed E-state index contributed by atoms with van der Waals surface area (Å²) in [6.45, 7) is 3.94. The number of pyridine rings is 1. The van der Waals surface area contributed by atoms with Crippen LogP contribution >= 0.6 is 0 Å². The van der Waals surface area contributed by atoms with Crippen LogP contribution in [0.15, 0.2) is 48.7 Å². The number of hydrogen-bond donors (Lipinski definition) is 1. The minimum atomic E-state index is -0.312. The summed E-state index contributed by atoms with van der Waals surface area (Å²) < 4.78 is 1.77. The molecule has 1 unspecified atom stereocenters. The van der Waals surface area contributed by atoms with Gasteiger partial charge in [-0.2, -0.15) is 0 Å². The highest BCUT2D eigenvalue weighted by Crippen LogP contribution is 2.23. The van der Waals surface area contributed by atoms with Gasteiger partial charge in [0.15, 0.2) is 0 Å². The molecule has 0 aliphatic rings. The maximum atomic E-state index is 6.41. The van der Waals surface area contributed by atoms with Gasteiger partial charge in [0.2, 0.25) is 0 Å². The highest BCUT2D eigenvalue weighted by molar-refractivity contribution is 5.36. The second kappa shape index (κ2) is 5.46. The Labute approximate surface area is 123 Å². The molecule has 0 saturated heterocycles. The van der Waals surface area contributed by atoms with Crippen LogP contribution in [0.2, 0.25) is 0 Å². The maximum Gasteiger partial charge on any atom is 0.0859 e. The van der Waals surface area contributed by atoms with E-state index in [0.717, 1.165) is 28.3 Å².